The maximum atomic E-state index is 2.48. The van der Waals surface area contributed by atoms with Crippen LogP contribution in [-0.4, -0.2) is 18.3 Å². The van der Waals surface area contributed by atoms with Crippen LogP contribution >= 0.6 is 0 Å². The number of para-hydroxylation sites is 11. The van der Waals surface area contributed by atoms with Crippen LogP contribution in [0.1, 0.15) is 11.1 Å². The van der Waals surface area contributed by atoms with Gasteiger partial charge in [-0.1, -0.05) is 237 Å². The Kier molecular flexibility index (Phi) is 15.2. The Bertz CT molecular complexity index is 6520. The maximum Gasteiger partial charge on any atom is 0.0795 e. The highest BCUT2D eigenvalue weighted by Gasteiger charge is 2.29. The molecule has 0 atom stereocenters. The topological polar surface area (TPSA) is 26.2 Å². The quantitative estimate of drug-likeness (QED) is 0.122. The van der Waals surface area contributed by atoms with Crippen molar-refractivity contribution in [3.63, 3.8) is 0 Å². The number of aromatic nitrogens is 4. The number of hydrogen-bond donors (Lipinski definition) is 0. The lowest BCUT2D eigenvalue weighted by Crippen LogP contribution is -2.11. The van der Waals surface area contributed by atoms with Crippen molar-refractivity contribution in [1.82, 2.24) is 18.3 Å². The molecule has 0 amide bonds. The lowest BCUT2D eigenvalue weighted by molar-refractivity contribution is 1.15. The van der Waals surface area contributed by atoms with Gasteiger partial charge in [-0.25, -0.2) is 0 Å². The molecule has 4 aromatic heterocycles. The molecule has 0 radical (unpaired) electrons. The summed E-state index contributed by atoms with van der Waals surface area (Å²) in [6, 6.07) is 140. The van der Waals surface area contributed by atoms with E-state index < -0.39 is 0 Å². The van der Waals surface area contributed by atoms with Crippen LogP contribution in [0.4, 0.5) is 34.1 Å². The molecular weight excluding hydrogens is 1260 g/mol. The lowest BCUT2D eigenvalue weighted by atomic mass is 9.94. The molecular formula is C98H70N6. The van der Waals surface area contributed by atoms with Crippen molar-refractivity contribution in [3.05, 3.63) is 399 Å². The SMILES string of the molecule is Cc1cccc(N(c2cccc(C)c2)c2cccc(-c3cc4c5ccccc5n(-c5ccccc5)c4c4c3c3ccccc3n4-c3ccccc3)c2)c1.c1ccc(N(c2ccccc2)c2ccccc2-c2cc3c4ccccc4n(-c4ccccc4)c3c3c2c2ccccc2n3-c2ccccc2)cc1. The molecule has 0 fully saturated rings. The van der Waals surface area contributed by atoms with E-state index in [1.165, 1.54) is 121 Å². The van der Waals surface area contributed by atoms with Crippen molar-refractivity contribution < 1.29 is 0 Å². The molecule has 20 rings (SSSR count). The Morgan fingerprint density at radius 1 is 0.202 bits per heavy atom. The van der Waals surface area contributed by atoms with Crippen LogP contribution in [0.2, 0.25) is 0 Å². The highest BCUT2D eigenvalue weighted by molar-refractivity contribution is 6.30. The summed E-state index contributed by atoms with van der Waals surface area (Å²) in [5.41, 5.74) is 28.0. The third-order valence-electron chi connectivity index (χ3n) is 20.6. The molecule has 0 bridgehead atoms. The van der Waals surface area contributed by atoms with Crippen molar-refractivity contribution >= 4 is 121 Å². The second-order valence-electron chi connectivity index (χ2n) is 26.9. The fourth-order valence-corrected chi connectivity index (χ4v) is 16.3. The number of rotatable bonds is 12. The van der Waals surface area contributed by atoms with Gasteiger partial charge in [0.25, 0.3) is 0 Å². The minimum absolute atomic E-state index is 1.11. The Morgan fingerprint density at radius 2 is 0.519 bits per heavy atom. The van der Waals surface area contributed by atoms with Crippen LogP contribution < -0.4 is 9.80 Å². The van der Waals surface area contributed by atoms with Crippen LogP contribution in [0.25, 0.3) is 132 Å². The average molecular weight is 1330 g/mol. The van der Waals surface area contributed by atoms with E-state index in [1.54, 1.807) is 0 Å². The van der Waals surface area contributed by atoms with Crippen LogP contribution in [-0.2, 0) is 0 Å². The van der Waals surface area contributed by atoms with Gasteiger partial charge in [0.2, 0.25) is 0 Å². The molecule has 492 valence electrons. The highest BCUT2D eigenvalue weighted by Crippen LogP contribution is 2.52. The third-order valence-corrected chi connectivity index (χ3v) is 20.6. The standard InChI is InChI=1S/C50H37N3.C48H33N3/c1-34-16-13-23-39(30-34)51(40-24-14-17-35(2)31-40)41-25-15-18-36(32-41)44-33-45-42-26-9-11-28-46(42)52(37-19-5-3-6-20-37)49(45)50-48(44)43-27-10-12-29-47(43)53(50)38-21-7-4-8-22-38;1-5-19-34(20-6-1)49(35-21-7-2-8-22-35)43-30-16-13-27-38(43)41-33-42-39-28-14-17-31-44(39)50(36-23-9-3-10-24-36)47(42)48-46(41)40-29-15-18-32-45(40)51(48)37-25-11-4-12-26-37/h3-33H,1-2H3;1-33H. The fourth-order valence-electron chi connectivity index (χ4n) is 16.3. The number of hydrogen-bond acceptors (Lipinski definition) is 2. The van der Waals surface area contributed by atoms with Crippen LogP contribution in [0.5, 0.6) is 0 Å². The molecule has 20 aromatic rings. The van der Waals surface area contributed by atoms with Crippen molar-refractivity contribution in [2.75, 3.05) is 9.80 Å². The molecule has 6 heteroatoms. The van der Waals surface area contributed by atoms with Gasteiger partial charge in [-0.05, 0) is 193 Å². The monoisotopic (exact) mass is 1330 g/mol. The zero-order chi connectivity index (χ0) is 69.2. The summed E-state index contributed by atoms with van der Waals surface area (Å²) < 4.78 is 9.87. The van der Waals surface area contributed by atoms with Crippen molar-refractivity contribution in [3.8, 4) is 45.0 Å². The summed E-state index contributed by atoms with van der Waals surface area (Å²) in [5, 5.41) is 9.83. The van der Waals surface area contributed by atoms with E-state index in [-0.39, 0.29) is 0 Å². The van der Waals surface area contributed by atoms with E-state index in [9.17, 15) is 0 Å². The Morgan fingerprint density at radius 3 is 0.952 bits per heavy atom. The molecule has 0 saturated carbocycles. The fraction of sp³-hybridized carbons (Fsp3) is 0.0204. The van der Waals surface area contributed by atoms with Gasteiger partial charge in [-0.15, -0.1) is 0 Å². The molecule has 0 spiro atoms. The number of fused-ring (bicyclic) bond motifs is 14. The summed E-state index contributed by atoms with van der Waals surface area (Å²) in [6.07, 6.45) is 0. The van der Waals surface area contributed by atoms with Crippen LogP contribution in [0, 0.1) is 13.8 Å². The van der Waals surface area contributed by atoms with E-state index in [1.807, 2.05) is 0 Å². The predicted octanol–water partition coefficient (Wildman–Crippen LogP) is 26.7. The molecule has 0 N–H and O–H groups in total. The molecule has 0 unspecified atom stereocenters. The lowest BCUT2D eigenvalue weighted by Gasteiger charge is -2.28. The number of anilines is 6. The van der Waals surface area contributed by atoms with Crippen LogP contribution in [0.15, 0.2) is 388 Å². The van der Waals surface area contributed by atoms with E-state index in [0.29, 0.717) is 0 Å². The van der Waals surface area contributed by atoms with Gasteiger partial charge >= 0.3 is 0 Å². The van der Waals surface area contributed by atoms with Gasteiger partial charge in [0.05, 0.1) is 49.8 Å². The van der Waals surface area contributed by atoms with Crippen molar-refractivity contribution in [2.24, 2.45) is 0 Å². The summed E-state index contributed by atoms with van der Waals surface area (Å²) in [6.45, 7) is 4.32. The van der Waals surface area contributed by atoms with Gasteiger partial charge in [0.15, 0.2) is 0 Å². The molecule has 0 aliphatic carbocycles. The summed E-state index contributed by atoms with van der Waals surface area (Å²) in [4.78, 5) is 4.77. The second-order valence-corrected chi connectivity index (χ2v) is 26.9. The normalized spacial score (nSPS) is 11.6. The Labute approximate surface area is 603 Å². The molecule has 6 nitrogen and oxygen atoms in total. The van der Waals surface area contributed by atoms with E-state index >= 15 is 0 Å². The second kappa shape index (κ2) is 25.8. The Hall–Kier alpha value is -13.7. The summed E-state index contributed by atoms with van der Waals surface area (Å²) in [7, 11) is 0. The first-order valence-electron chi connectivity index (χ1n) is 35.7. The maximum absolute atomic E-state index is 2.48. The first-order chi connectivity index (χ1) is 51.5. The van der Waals surface area contributed by atoms with Gasteiger partial charge < -0.3 is 28.1 Å². The van der Waals surface area contributed by atoms with Crippen molar-refractivity contribution in [1.29, 1.82) is 0 Å². The van der Waals surface area contributed by atoms with Gasteiger partial charge in [0.1, 0.15) is 0 Å². The smallest absolute Gasteiger partial charge is 0.0795 e. The number of aryl methyl sites for hydroxylation is 2. The first kappa shape index (κ1) is 61.4. The molecule has 0 aliphatic rings. The van der Waals surface area contributed by atoms with Gasteiger partial charge in [-0.3, -0.25) is 0 Å². The van der Waals surface area contributed by atoms with E-state index in [4.69, 9.17) is 0 Å². The summed E-state index contributed by atoms with van der Waals surface area (Å²) in [5.74, 6) is 0. The molecule has 4 heterocycles. The minimum Gasteiger partial charge on any atom is -0.310 e. The largest absolute Gasteiger partial charge is 0.310 e. The highest BCUT2D eigenvalue weighted by atomic mass is 15.2. The van der Waals surface area contributed by atoms with E-state index in [2.05, 4.69) is 430 Å². The molecule has 16 aromatic carbocycles. The van der Waals surface area contributed by atoms with Gasteiger partial charge in [0, 0.05) is 99.8 Å². The van der Waals surface area contributed by atoms with E-state index in [0.717, 1.165) is 56.9 Å². The minimum atomic E-state index is 1.11. The zero-order valence-electron chi connectivity index (χ0n) is 57.6. The molecule has 0 aliphatic heterocycles. The zero-order valence-corrected chi connectivity index (χ0v) is 57.6. The molecule has 0 saturated heterocycles. The van der Waals surface area contributed by atoms with Crippen molar-refractivity contribution in [2.45, 2.75) is 13.8 Å². The first-order valence-corrected chi connectivity index (χ1v) is 35.7. The summed E-state index contributed by atoms with van der Waals surface area (Å²) >= 11 is 0. The Balaban J connectivity index is 0.000000143. The third kappa shape index (κ3) is 10.3. The van der Waals surface area contributed by atoms with Crippen LogP contribution in [0.3, 0.4) is 0 Å². The molecule has 104 heavy (non-hydrogen) atoms. The average Bonchev–Trinajstić information content (AvgIpc) is 1.54. The number of benzene rings is 16. The number of nitrogens with zero attached hydrogens (tertiary/aromatic N) is 6. The van der Waals surface area contributed by atoms with Gasteiger partial charge in [-0.2, -0.15) is 0 Å². The predicted molar refractivity (Wildman–Crippen MR) is 440 cm³/mol.